The van der Waals surface area contributed by atoms with Crippen LogP contribution in [0.15, 0.2) is 72.8 Å². The van der Waals surface area contributed by atoms with Gasteiger partial charge in [-0.2, -0.15) is 14.4 Å². The molecule has 0 aliphatic rings. The molecular weight excluding hydrogens is 780 g/mol. The van der Waals surface area contributed by atoms with E-state index in [1.165, 1.54) is 79.7 Å². The fourth-order valence-corrected chi connectivity index (χ4v) is 4.32. The Bertz CT molecular complexity index is 1570. The van der Waals surface area contributed by atoms with Gasteiger partial charge in [0.2, 0.25) is 0 Å². The van der Waals surface area contributed by atoms with Crippen molar-refractivity contribution in [3.63, 3.8) is 0 Å². The highest BCUT2D eigenvalue weighted by atomic mass is 17.2. The minimum Gasteiger partial charge on any atom is -0.494 e. The fraction of sp³-hybridized carbons (Fsp3) is 0.415. The first kappa shape index (κ1) is 46.7. The second-order valence-electron chi connectivity index (χ2n) is 13.0. The van der Waals surface area contributed by atoms with Gasteiger partial charge in [-0.15, -0.1) is 0 Å². The summed E-state index contributed by atoms with van der Waals surface area (Å²) in [6.07, 6.45) is 0.906. The molecule has 0 saturated heterocycles. The van der Waals surface area contributed by atoms with Crippen LogP contribution in [0.2, 0.25) is 0 Å². The average Bonchev–Trinajstić information content (AvgIpc) is 3.25. The molecule has 0 amide bonds. The molecule has 0 heterocycles. The summed E-state index contributed by atoms with van der Waals surface area (Å²) in [5, 5.41) is 0. The van der Waals surface area contributed by atoms with Crippen LogP contribution in [0.4, 0.5) is 14.4 Å². The highest BCUT2D eigenvalue weighted by Gasteiger charge is 2.33. The molecule has 3 aromatic rings. The van der Waals surface area contributed by atoms with Gasteiger partial charge in [-0.3, -0.25) is 0 Å². The molecule has 320 valence electrons. The lowest BCUT2D eigenvalue weighted by atomic mass is 9.94. The summed E-state index contributed by atoms with van der Waals surface area (Å²) in [6, 6.07) is 17.6. The zero-order valence-electron chi connectivity index (χ0n) is 33.3. The van der Waals surface area contributed by atoms with Crippen LogP contribution in [0.25, 0.3) is 0 Å². The quantitative estimate of drug-likeness (QED) is 0.0324. The van der Waals surface area contributed by atoms with E-state index >= 15 is 0 Å². The zero-order valence-corrected chi connectivity index (χ0v) is 33.3. The van der Waals surface area contributed by atoms with E-state index in [4.69, 9.17) is 28.4 Å². The first-order chi connectivity index (χ1) is 28.4. The molecule has 0 saturated carbocycles. The monoisotopic (exact) mass is 828 g/mol. The first-order valence-corrected chi connectivity index (χ1v) is 18.8. The summed E-state index contributed by atoms with van der Waals surface area (Å²) in [4.78, 5) is 101. The summed E-state index contributed by atoms with van der Waals surface area (Å²) < 4.78 is 31.7. The van der Waals surface area contributed by atoms with Gasteiger partial charge in [-0.1, -0.05) is 40.0 Å². The lowest BCUT2D eigenvalue weighted by molar-refractivity contribution is -0.216. The predicted octanol–water partition coefficient (Wildman–Crippen LogP) is 8.31. The molecule has 0 aromatic heterocycles. The van der Waals surface area contributed by atoms with E-state index in [1.807, 2.05) is 20.8 Å². The molecule has 0 radical (unpaired) electrons. The van der Waals surface area contributed by atoms with Crippen molar-refractivity contribution in [1.29, 1.82) is 0 Å². The molecule has 0 unspecified atom stereocenters. The number of rotatable bonds is 21. The molecule has 0 bridgehead atoms. The van der Waals surface area contributed by atoms with Crippen LogP contribution < -0.4 is 14.2 Å². The van der Waals surface area contributed by atoms with Gasteiger partial charge in [-0.05, 0) is 99.0 Å². The Labute approximate surface area is 340 Å². The highest BCUT2D eigenvalue weighted by molar-refractivity contribution is 5.90. The van der Waals surface area contributed by atoms with Crippen molar-refractivity contribution >= 4 is 36.4 Å². The Balaban J connectivity index is 1.54. The van der Waals surface area contributed by atoms with Crippen molar-refractivity contribution in [1.82, 2.24) is 0 Å². The third kappa shape index (κ3) is 18.0. The van der Waals surface area contributed by atoms with Gasteiger partial charge in [-0.25, -0.2) is 43.7 Å². The maximum Gasteiger partial charge on any atom is 0.549 e. The van der Waals surface area contributed by atoms with Gasteiger partial charge in [0.25, 0.3) is 0 Å². The Kier molecular flexibility index (Phi) is 20.2. The van der Waals surface area contributed by atoms with E-state index in [2.05, 4.69) is 29.3 Å². The standard InChI is InChI=1S/C41H48O18/c1-5-8-23-48-32-17-11-29(12-18-32)35(42)54-57-38(45)51-26-41(4,27-52-39(46)58-55-36(43)30-13-19-33(20-14-30)49-24-9-6-2)28-53-40(47)59-56-37(44)31-15-21-34(22-16-31)50-25-10-7-3/h11-22H,5-10,23-28H2,1-4H3. The molecule has 3 rings (SSSR count). The smallest absolute Gasteiger partial charge is 0.494 e. The van der Waals surface area contributed by atoms with Crippen molar-refractivity contribution < 1.29 is 86.5 Å². The molecular formula is C41H48O18. The minimum absolute atomic E-state index is 0.0348. The van der Waals surface area contributed by atoms with Crippen LogP contribution in [-0.4, -0.2) is 76.0 Å². The number of hydrogen-bond acceptors (Lipinski definition) is 18. The van der Waals surface area contributed by atoms with Crippen molar-refractivity contribution in [2.75, 3.05) is 39.6 Å². The molecule has 0 aliphatic heterocycles. The maximum atomic E-state index is 12.4. The van der Waals surface area contributed by atoms with Crippen LogP contribution in [0.3, 0.4) is 0 Å². The van der Waals surface area contributed by atoms with Gasteiger partial charge in [0, 0.05) is 0 Å². The van der Waals surface area contributed by atoms with Crippen LogP contribution in [-0.2, 0) is 43.5 Å². The molecule has 0 spiro atoms. The maximum absolute atomic E-state index is 12.4. The topological polar surface area (TPSA) is 213 Å². The largest absolute Gasteiger partial charge is 0.549 e. The fourth-order valence-electron chi connectivity index (χ4n) is 4.32. The lowest BCUT2D eigenvalue weighted by Gasteiger charge is -2.26. The van der Waals surface area contributed by atoms with E-state index in [1.54, 1.807) is 0 Å². The van der Waals surface area contributed by atoms with Crippen LogP contribution in [0, 0.1) is 5.41 Å². The molecule has 3 aromatic carbocycles. The second kappa shape index (κ2) is 25.5. The van der Waals surface area contributed by atoms with Gasteiger partial charge in [0.15, 0.2) is 0 Å². The summed E-state index contributed by atoms with van der Waals surface area (Å²) in [5.41, 5.74) is -1.49. The Hall–Kier alpha value is -6.72. The molecule has 0 atom stereocenters. The van der Waals surface area contributed by atoms with Crippen LogP contribution in [0.1, 0.15) is 97.3 Å². The number of hydrogen-bond donors (Lipinski definition) is 0. The van der Waals surface area contributed by atoms with E-state index in [-0.39, 0.29) is 16.7 Å². The normalized spacial score (nSPS) is 10.6. The van der Waals surface area contributed by atoms with E-state index in [0.717, 1.165) is 38.5 Å². The number of carbonyl (C=O) groups excluding carboxylic acids is 6. The number of unbranched alkanes of at least 4 members (excludes halogenated alkanes) is 3. The Morgan fingerprint density at radius 1 is 0.407 bits per heavy atom. The molecule has 0 aliphatic carbocycles. The lowest BCUT2D eigenvalue weighted by Crippen LogP contribution is -2.37. The highest BCUT2D eigenvalue weighted by Crippen LogP contribution is 2.21. The van der Waals surface area contributed by atoms with E-state index < -0.39 is 61.6 Å². The molecule has 0 N–H and O–H groups in total. The third-order valence-corrected chi connectivity index (χ3v) is 7.74. The van der Waals surface area contributed by atoms with Gasteiger partial charge in [0.05, 0.1) is 41.9 Å². The van der Waals surface area contributed by atoms with Crippen molar-refractivity contribution in [3.05, 3.63) is 89.5 Å². The van der Waals surface area contributed by atoms with Crippen molar-refractivity contribution in [3.8, 4) is 17.2 Å². The average molecular weight is 829 g/mol. The summed E-state index contributed by atoms with van der Waals surface area (Å²) >= 11 is 0. The van der Waals surface area contributed by atoms with Crippen LogP contribution >= 0.6 is 0 Å². The zero-order chi connectivity index (χ0) is 42.9. The summed E-state index contributed by atoms with van der Waals surface area (Å²) in [6.45, 7) is 6.78. The molecule has 0 fully saturated rings. The minimum atomic E-state index is -1.59. The Morgan fingerprint density at radius 3 is 0.898 bits per heavy atom. The summed E-state index contributed by atoms with van der Waals surface area (Å²) in [5.74, 6) is -1.50. The number of ether oxygens (including phenoxy) is 6. The van der Waals surface area contributed by atoms with E-state index in [9.17, 15) is 28.8 Å². The molecule has 18 heteroatoms. The molecule has 59 heavy (non-hydrogen) atoms. The van der Waals surface area contributed by atoms with Crippen LogP contribution in [0.5, 0.6) is 17.2 Å². The van der Waals surface area contributed by atoms with E-state index in [0.29, 0.717) is 37.1 Å². The number of benzene rings is 3. The predicted molar refractivity (Wildman–Crippen MR) is 202 cm³/mol. The number of carbonyl (C=O) groups is 6. The SMILES string of the molecule is CCCCOc1ccc(C(=O)OOC(=O)OCC(C)(COC(=O)OOC(=O)c2ccc(OCCCC)cc2)COC(=O)OOC(=O)c2ccc(OCCCC)cc2)cc1. The van der Waals surface area contributed by atoms with Gasteiger partial charge in [0.1, 0.15) is 37.1 Å². The first-order valence-electron chi connectivity index (χ1n) is 18.8. The van der Waals surface area contributed by atoms with Gasteiger partial charge >= 0.3 is 36.4 Å². The van der Waals surface area contributed by atoms with Gasteiger partial charge < -0.3 is 28.4 Å². The second-order valence-corrected chi connectivity index (χ2v) is 13.0. The third-order valence-electron chi connectivity index (χ3n) is 7.74. The molecule has 18 nitrogen and oxygen atoms in total. The summed E-state index contributed by atoms with van der Waals surface area (Å²) in [7, 11) is 0. The van der Waals surface area contributed by atoms with Crippen molar-refractivity contribution in [2.45, 2.75) is 66.2 Å². The van der Waals surface area contributed by atoms with Crippen molar-refractivity contribution in [2.24, 2.45) is 5.41 Å². The Morgan fingerprint density at radius 2 is 0.661 bits per heavy atom.